The van der Waals surface area contributed by atoms with Crippen LogP contribution < -0.4 is 11.1 Å². The normalized spacial score (nSPS) is 16.6. The van der Waals surface area contributed by atoms with Gasteiger partial charge in [-0.3, -0.25) is 0 Å². The quantitative estimate of drug-likeness (QED) is 0.465. The SMILES string of the molecule is NCCCNCCC1=CCCC1. The van der Waals surface area contributed by atoms with Crippen LogP contribution in [0.3, 0.4) is 0 Å². The van der Waals surface area contributed by atoms with E-state index in [2.05, 4.69) is 11.4 Å². The summed E-state index contributed by atoms with van der Waals surface area (Å²) in [5.74, 6) is 0. The van der Waals surface area contributed by atoms with Gasteiger partial charge in [-0.1, -0.05) is 11.6 Å². The van der Waals surface area contributed by atoms with Crippen LogP contribution in [0.25, 0.3) is 0 Å². The zero-order chi connectivity index (χ0) is 8.65. The molecule has 0 unspecified atom stereocenters. The summed E-state index contributed by atoms with van der Waals surface area (Å²) in [4.78, 5) is 0. The molecule has 0 aromatic rings. The maximum atomic E-state index is 5.38. The van der Waals surface area contributed by atoms with Gasteiger partial charge in [0.15, 0.2) is 0 Å². The third kappa shape index (κ3) is 3.88. The molecular weight excluding hydrogens is 148 g/mol. The first-order valence-corrected chi connectivity index (χ1v) is 5.02. The van der Waals surface area contributed by atoms with E-state index in [1.807, 2.05) is 0 Å². The molecule has 0 fully saturated rings. The molecule has 2 heteroatoms. The van der Waals surface area contributed by atoms with Gasteiger partial charge in [0.25, 0.3) is 0 Å². The predicted molar refractivity (Wildman–Crippen MR) is 53.1 cm³/mol. The molecule has 1 aliphatic carbocycles. The number of rotatable bonds is 6. The van der Waals surface area contributed by atoms with Crippen molar-refractivity contribution in [3.05, 3.63) is 11.6 Å². The van der Waals surface area contributed by atoms with Gasteiger partial charge in [0.2, 0.25) is 0 Å². The fourth-order valence-electron chi connectivity index (χ4n) is 1.57. The second-order valence-electron chi connectivity index (χ2n) is 3.40. The Morgan fingerprint density at radius 1 is 1.42 bits per heavy atom. The Balaban J connectivity index is 1.88. The average Bonchev–Trinajstić information content (AvgIpc) is 2.57. The van der Waals surface area contributed by atoms with Gasteiger partial charge in [-0.2, -0.15) is 0 Å². The van der Waals surface area contributed by atoms with Crippen LogP contribution in [0.15, 0.2) is 11.6 Å². The van der Waals surface area contributed by atoms with Gasteiger partial charge in [0.1, 0.15) is 0 Å². The van der Waals surface area contributed by atoms with Gasteiger partial charge in [-0.05, 0) is 51.7 Å². The van der Waals surface area contributed by atoms with E-state index in [4.69, 9.17) is 5.73 Å². The topological polar surface area (TPSA) is 38.0 Å². The molecule has 2 nitrogen and oxygen atoms in total. The van der Waals surface area contributed by atoms with Gasteiger partial charge >= 0.3 is 0 Å². The van der Waals surface area contributed by atoms with Crippen molar-refractivity contribution in [3.8, 4) is 0 Å². The Labute approximate surface area is 75.2 Å². The largest absolute Gasteiger partial charge is 0.330 e. The molecule has 70 valence electrons. The van der Waals surface area contributed by atoms with E-state index in [0.717, 1.165) is 26.1 Å². The second-order valence-corrected chi connectivity index (χ2v) is 3.40. The van der Waals surface area contributed by atoms with Crippen molar-refractivity contribution >= 4 is 0 Å². The monoisotopic (exact) mass is 168 g/mol. The Hall–Kier alpha value is -0.340. The molecule has 0 spiro atoms. The molecule has 0 saturated carbocycles. The smallest absolute Gasteiger partial charge is 0.00116 e. The van der Waals surface area contributed by atoms with E-state index in [1.54, 1.807) is 5.57 Å². The Bertz CT molecular complexity index is 141. The highest BCUT2D eigenvalue weighted by atomic mass is 14.8. The van der Waals surface area contributed by atoms with E-state index in [1.165, 1.54) is 25.7 Å². The zero-order valence-electron chi connectivity index (χ0n) is 7.81. The first-order chi connectivity index (χ1) is 5.93. The summed E-state index contributed by atoms with van der Waals surface area (Å²) in [5.41, 5.74) is 7.03. The molecule has 3 N–H and O–H groups in total. The Morgan fingerprint density at radius 3 is 3.00 bits per heavy atom. The van der Waals surface area contributed by atoms with Gasteiger partial charge in [-0.15, -0.1) is 0 Å². The van der Waals surface area contributed by atoms with E-state index in [-0.39, 0.29) is 0 Å². The van der Waals surface area contributed by atoms with Crippen molar-refractivity contribution in [3.63, 3.8) is 0 Å². The van der Waals surface area contributed by atoms with Crippen molar-refractivity contribution in [1.29, 1.82) is 0 Å². The minimum absolute atomic E-state index is 0.801. The predicted octanol–water partition coefficient (Wildman–Crippen LogP) is 1.43. The first-order valence-electron chi connectivity index (χ1n) is 5.02. The van der Waals surface area contributed by atoms with Crippen LogP contribution in [0.5, 0.6) is 0 Å². The van der Waals surface area contributed by atoms with Crippen molar-refractivity contribution in [2.24, 2.45) is 5.73 Å². The van der Waals surface area contributed by atoms with E-state index in [0.29, 0.717) is 0 Å². The van der Waals surface area contributed by atoms with Gasteiger partial charge < -0.3 is 11.1 Å². The average molecular weight is 168 g/mol. The number of hydrogen-bond acceptors (Lipinski definition) is 2. The number of nitrogens with two attached hydrogens (primary N) is 1. The van der Waals surface area contributed by atoms with Crippen LogP contribution in [-0.4, -0.2) is 19.6 Å². The van der Waals surface area contributed by atoms with Crippen molar-refractivity contribution in [2.45, 2.75) is 32.1 Å². The van der Waals surface area contributed by atoms with E-state index < -0.39 is 0 Å². The minimum Gasteiger partial charge on any atom is -0.330 e. The Morgan fingerprint density at radius 2 is 2.33 bits per heavy atom. The van der Waals surface area contributed by atoms with Gasteiger partial charge in [0, 0.05) is 0 Å². The van der Waals surface area contributed by atoms with Gasteiger partial charge in [-0.25, -0.2) is 0 Å². The third-order valence-electron chi connectivity index (χ3n) is 2.32. The summed E-state index contributed by atoms with van der Waals surface area (Å²) in [6.45, 7) is 3.01. The standard InChI is InChI=1S/C10H20N2/c11-7-3-8-12-9-6-10-4-1-2-5-10/h4,12H,1-3,5-9,11H2. The molecular formula is C10H20N2. The zero-order valence-corrected chi connectivity index (χ0v) is 7.81. The molecule has 0 aliphatic heterocycles. The molecule has 0 amide bonds. The summed E-state index contributed by atoms with van der Waals surface area (Å²) < 4.78 is 0. The lowest BCUT2D eigenvalue weighted by atomic mass is 10.2. The highest BCUT2D eigenvalue weighted by Gasteiger charge is 2.02. The van der Waals surface area contributed by atoms with Crippen LogP contribution in [0.1, 0.15) is 32.1 Å². The molecule has 0 aromatic carbocycles. The number of allylic oxidation sites excluding steroid dienone is 1. The molecule has 0 saturated heterocycles. The molecule has 1 aliphatic rings. The molecule has 0 heterocycles. The first kappa shape index (κ1) is 9.75. The lowest BCUT2D eigenvalue weighted by Crippen LogP contribution is -2.19. The second kappa shape index (κ2) is 6.21. The molecule has 0 bridgehead atoms. The number of nitrogens with one attached hydrogen (secondary N) is 1. The molecule has 0 radical (unpaired) electrons. The highest BCUT2D eigenvalue weighted by Crippen LogP contribution is 2.19. The summed E-state index contributed by atoms with van der Waals surface area (Å²) >= 11 is 0. The number of hydrogen-bond donors (Lipinski definition) is 2. The maximum Gasteiger partial charge on any atom is -0.00116 e. The fourth-order valence-corrected chi connectivity index (χ4v) is 1.57. The molecule has 1 rings (SSSR count). The lowest BCUT2D eigenvalue weighted by Gasteiger charge is -2.03. The van der Waals surface area contributed by atoms with Crippen LogP contribution in [0, 0.1) is 0 Å². The van der Waals surface area contributed by atoms with Crippen molar-refractivity contribution in [2.75, 3.05) is 19.6 Å². The fraction of sp³-hybridized carbons (Fsp3) is 0.800. The highest BCUT2D eigenvalue weighted by molar-refractivity contribution is 5.07. The Kier molecular flexibility index (Phi) is 5.04. The summed E-state index contributed by atoms with van der Waals surface area (Å²) in [6.07, 6.45) is 8.74. The third-order valence-corrected chi connectivity index (χ3v) is 2.32. The summed E-state index contributed by atoms with van der Waals surface area (Å²) in [5, 5.41) is 3.39. The lowest BCUT2D eigenvalue weighted by molar-refractivity contribution is 0.646. The van der Waals surface area contributed by atoms with Crippen LogP contribution in [0.2, 0.25) is 0 Å². The molecule has 0 aromatic heterocycles. The van der Waals surface area contributed by atoms with Gasteiger partial charge in [0.05, 0.1) is 0 Å². The summed E-state index contributed by atoms with van der Waals surface area (Å²) in [6, 6.07) is 0. The van der Waals surface area contributed by atoms with Crippen LogP contribution in [0.4, 0.5) is 0 Å². The van der Waals surface area contributed by atoms with E-state index >= 15 is 0 Å². The van der Waals surface area contributed by atoms with E-state index in [9.17, 15) is 0 Å². The minimum atomic E-state index is 0.801. The molecule has 0 atom stereocenters. The van der Waals surface area contributed by atoms with Crippen LogP contribution >= 0.6 is 0 Å². The van der Waals surface area contributed by atoms with Crippen molar-refractivity contribution < 1.29 is 0 Å². The maximum absolute atomic E-state index is 5.38. The van der Waals surface area contributed by atoms with Crippen molar-refractivity contribution in [1.82, 2.24) is 5.32 Å². The van der Waals surface area contributed by atoms with Crippen LogP contribution in [-0.2, 0) is 0 Å². The summed E-state index contributed by atoms with van der Waals surface area (Å²) in [7, 11) is 0. The molecule has 12 heavy (non-hydrogen) atoms.